The molecule has 6 nitrogen and oxygen atoms in total. The number of ether oxygens (including phenoxy) is 1. The molecule has 3 rings (SSSR count). The zero-order valence-corrected chi connectivity index (χ0v) is 17.3. The quantitative estimate of drug-likeness (QED) is 0.499. The highest BCUT2D eigenvalue weighted by Crippen LogP contribution is 2.24. The third kappa shape index (κ3) is 6.66. The molecule has 0 N–H and O–H groups in total. The van der Waals surface area contributed by atoms with E-state index in [4.69, 9.17) is 8.92 Å². The molecule has 0 saturated heterocycles. The summed E-state index contributed by atoms with van der Waals surface area (Å²) in [6.07, 6.45) is 1.57. The van der Waals surface area contributed by atoms with Crippen LogP contribution in [0.2, 0.25) is 0 Å². The lowest BCUT2D eigenvalue weighted by Gasteiger charge is -2.13. The summed E-state index contributed by atoms with van der Waals surface area (Å²) in [6, 6.07) is 21.6. The number of hydrogen-bond acceptors (Lipinski definition) is 6. The Kier molecular flexibility index (Phi) is 6.95. The van der Waals surface area contributed by atoms with Gasteiger partial charge in [0.1, 0.15) is 6.61 Å². The molecule has 0 aliphatic rings. The van der Waals surface area contributed by atoms with E-state index in [1.165, 1.54) is 0 Å². The molecule has 1 aromatic heterocycles. The van der Waals surface area contributed by atoms with Gasteiger partial charge < -0.3 is 4.74 Å². The minimum absolute atomic E-state index is 0.0430. The summed E-state index contributed by atoms with van der Waals surface area (Å²) in [5.74, 6) is 0.526. The van der Waals surface area contributed by atoms with Crippen LogP contribution in [-0.4, -0.2) is 31.5 Å². The van der Waals surface area contributed by atoms with Crippen molar-refractivity contribution < 1.29 is 17.3 Å². The van der Waals surface area contributed by atoms with Crippen LogP contribution in [0.1, 0.15) is 35.2 Å². The predicted molar refractivity (Wildman–Crippen MR) is 111 cm³/mol. The standard InChI is InChI=1S/C22H24N2O4S/c1-17(20-10-6-9-18(15-20)13-14-28-29(2,25)26)21-11-12-22(24-23-21)27-16-19-7-4-3-5-8-19/h3-12,15,17H,13-14,16H2,1-2H3. The highest BCUT2D eigenvalue weighted by atomic mass is 32.2. The molecule has 0 bridgehead atoms. The molecule has 152 valence electrons. The first-order valence-electron chi connectivity index (χ1n) is 9.34. The summed E-state index contributed by atoms with van der Waals surface area (Å²) < 4.78 is 32.7. The Bertz CT molecular complexity index is 1020. The third-order valence-corrected chi connectivity index (χ3v) is 5.07. The van der Waals surface area contributed by atoms with E-state index in [0.29, 0.717) is 18.9 Å². The summed E-state index contributed by atoms with van der Waals surface area (Å²) in [5.41, 5.74) is 3.99. The summed E-state index contributed by atoms with van der Waals surface area (Å²) in [5, 5.41) is 8.49. The highest BCUT2D eigenvalue weighted by Gasteiger charge is 2.12. The van der Waals surface area contributed by atoms with Crippen molar-refractivity contribution in [2.75, 3.05) is 12.9 Å². The SMILES string of the molecule is CC(c1cccc(CCOS(C)(=O)=O)c1)c1ccc(OCc2ccccc2)nn1. The molecule has 1 unspecified atom stereocenters. The number of aromatic nitrogens is 2. The normalized spacial score (nSPS) is 12.5. The summed E-state index contributed by atoms with van der Waals surface area (Å²) >= 11 is 0. The third-order valence-electron chi connectivity index (χ3n) is 4.47. The van der Waals surface area contributed by atoms with Crippen LogP contribution < -0.4 is 4.74 Å². The monoisotopic (exact) mass is 412 g/mol. The van der Waals surface area contributed by atoms with Crippen molar-refractivity contribution in [1.82, 2.24) is 10.2 Å². The second-order valence-electron chi connectivity index (χ2n) is 6.81. The molecule has 7 heteroatoms. The minimum Gasteiger partial charge on any atom is -0.472 e. The fourth-order valence-electron chi connectivity index (χ4n) is 2.87. The van der Waals surface area contributed by atoms with E-state index in [1.54, 1.807) is 0 Å². The summed E-state index contributed by atoms with van der Waals surface area (Å²) in [4.78, 5) is 0. The number of benzene rings is 2. The van der Waals surface area contributed by atoms with E-state index < -0.39 is 10.1 Å². The van der Waals surface area contributed by atoms with Crippen LogP contribution in [0, 0.1) is 0 Å². The Morgan fingerprint density at radius 1 is 0.931 bits per heavy atom. The first kappa shape index (κ1) is 21.0. The van der Waals surface area contributed by atoms with Crippen LogP contribution in [0.15, 0.2) is 66.7 Å². The van der Waals surface area contributed by atoms with Gasteiger partial charge in [-0.05, 0) is 29.2 Å². The van der Waals surface area contributed by atoms with Gasteiger partial charge in [-0.3, -0.25) is 4.18 Å². The summed E-state index contributed by atoms with van der Waals surface area (Å²) in [6.45, 7) is 2.63. The zero-order chi connectivity index (χ0) is 20.7. The second-order valence-corrected chi connectivity index (χ2v) is 8.46. The van der Waals surface area contributed by atoms with E-state index in [1.807, 2.05) is 66.7 Å². The van der Waals surface area contributed by atoms with Gasteiger partial charge >= 0.3 is 0 Å². The van der Waals surface area contributed by atoms with Crippen molar-refractivity contribution in [1.29, 1.82) is 0 Å². The molecule has 3 aromatic rings. The van der Waals surface area contributed by atoms with Crippen LogP contribution in [-0.2, 0) is 27.3 Å². The largest absolute Gasteiger partial charge is 0.472 e. The van der Waals surface area contributed by atoms with Crippen LogP contribution in [0.4, 0.5) is 0 Å². The molecule has 1 atom stereocenters. The Balaban J connectivity index is 1.61. The van der Waals surface area contributed by atoms with Crippen LogP contribution in [0.3, 0.4) is 0 Å². The summed E-state index contributed by atoms with van der Waals surface area (Å²) in [7, 11) is -3.42. The molecule has 1 heterocycles. The van der Waals surface area contributed by atoms with Gasteiger partial charge in [0.25, 0.3) is 10.1 Å². The molecule has 29 heavy (non-hydrogen) atoms. The Hall–Kier alpha value is -2.77. The van der Waals surface area contributed by atoms with Crippen molar-refractivity contribution in [2.45, 2.75) is 25.9 Å². The van der Waals surface area contributed by atoms with Crippen molar-refractivity contribution in [3.8, 4) is 5.88 Å². The highest BCUT2D eigenvalue weighted by molar-refractivity contribution is 7.85. The van der Waals surface area contributed by atoms with Crippen LogP contribution in [0.25, 0.3) is 0 Å². The molecular weight excluding hydrogens is 388 g/mol. The van der Waals surface area contributed by atoms with E-state index in [9.17, 15) is 8.42 Å². The van der Waals surface area contributed by atoms with Crippen molar-refractivity contribution >= 4 is 10.1 Å². The van der Waals surface area contributed by atoms with Gasteiger partial charge in [0, 0.05) is 12.0 Å². The maximum Gasteiger partial charge on any atom is 0.264 e. The second kappa shape index (κ2) is 9.62. The zero-order valence-electron chi connectivity index (χ0n) is 16.5. The fraction of sp³-hybridized carbons (Fsp3) is 0.273. The lowest BCUT2D eigenvalue weighted by atomic mass is 9.95. The van der Waals surface area contributed by atoms with Crippen molar-refractivity contribution in [3.05, 3.63) is 89.1 Å². The van der Waals surface area contributed by atoms with Crippen molar-refractivity contribution in [3.63, 3.8) is 0 Å². The molecule has 0 aliphatic carbocycles. The molecule has 0 fully saturated rings. The van der Waals surface area contributed by atoms with E-state index >= 15 is 0 Å². The van der Waals surface area contributed by atoms with Crippen LogP contribution in [0.5, 0.6) is 5.88 Å². The maximum atomic E-state index is 11.1. The molecule has 0 amide bonds. The molecular formula is C22H24N2O4S. The lowest BCUT2D eigenvalue weighted by Crippen LogP contribution is -2.07. The van der Waals surface area contributed by atoms with E-state index in [0.717, 1.165) is 28.6 Å². The molecule has 0 saturated carbocycles. The fourth-order valence-corrected chi connectivity index (χ4v) is 3.26. The molecule has 0 radical (unpaired) electrons. The van der Waals surface area contributed by atoms with E-state index in [2.05, 4.69) is 17.1 Å². The molecule has 2 aromatic carbocycles. The van der Waals surface area contributed by atoms with Gasteiger partial charge in [0.2, 0.25) is 5.88 Å². The van der Waals surface area contributed by atoms with Gasteiger partial charge in [0.05, 0.1) is 18.6 Å². The smallest absolute Gasteiger partial charge is 0.264 e. The van der Waals surface area contributed by atoms with Crippen LogP contribution >= 0.6 is 0 Å². The first-order valence-corrected chi connectivity index (χ1v) is 11.2. The molecule has 0 spiro atoms. The van der Waals surface area contributed by atoms with E-state index in [-0.39, 0.29) is 12.5 Å². The maximum absolute atomic E-state index is 11.1. The minimum atomic E-state index is -3.42. The average Bonchev–Trinajstić information content (AvgIpc) is 2.72. The topological polar surface area (TPSA) is 78.4 Å². The average molecular weight is 413 g/mol. The Morgan fingerprint density at radius 2 is 1.69 bits per heavy atom. The van der Waals surface area contributed by atoms with Gasteiger partial charge in [-0.1, -0.05) is 61.5 Å². The van der Waals surface area contributed by atoms with Gasteiger partial charge in [-0.25, -0.2) is 0 Å². The first-order chi connectivity index (χ1) is 13.9. The van der Waals surface area contributed by atoms with Gasteiger partial charge in [-0.2, -0.15) is 13.5 Å². The predicted octanol–water partition coefficient (Wildman–Crippen LogP) is 3.73. The Labute approximate surface area is 171 Å². The Morgan fingerprint density at radius 3 is 2.38 bits per heavy atom. The van der Waals surface area contributed by atoms with Gasteiger partial charge in [-0.15, -0.1) is 5.10 Å². The number of rotatable bonds is 9. The van der Waals surface area contributed by atoms with Crippen molar-refractivity contribution in [2.24, 2.45) is 0 Å². The molecule has 0 aliphatic heterocycles. The number of hydrogen-bond donors (Lipinski definition) is 0. The van der Waals surface area contributed by atoms with Gasteiger partial charge in [0.15, 0.2) is 0 Å². The lowest BCUT2D eigenvalue weighted by molar-refractivity contribution is 0.289. The number of nitrogens with zero attached hydrogens (tertiary/aromatic N) is 2.